The summed E-state index contributed by atoms with van der Waals surface area (Å²) in [6, 6.07) is 0. The number of esters is 1. The van der Waals surface area contributed by atoms with Gasteiger partial charge in [0, 0.05) is 19.0 Å². The molecule has 1 rings (SSSR count). The maximum atomic E-state index is 11.7. The van der Waals surface area contributed by atoms with E-state index < -0.39 is 10.0 Å². The molecule has 0 aromatic heterocycles. The van der Waals surface area contributed by atoms with Crippen LogP contribution in [0.2, 0.25) is 0 Å². The van der Waals surface area contributed by atoms with Crippen LogP contribution in [-0.4, -0.2) is 50.5 Å². The molecule has 1 fully saturated rings. The average molecular weight is 270 g/mol. The van der Waals surface area contributed by atoms with Crippen molar-refractivity contribution in [1.82, 2.24) is 4.31 Å². The fourth-order valence-corrected chi connectivity index (χ4v) is 3.72. The highest BCUT2D eigenvalue weighted by Gasteiger charge is 2.40. The molecule has 1 saturated heterocycles. The molecule has 2 atom stereocenters. The quantitative estimate of drug-likeness (QED) is 0.544. The summed E-state index contributed by atoms with van der Waals surface area (Å²) in [6.07, 6.45) is 0. The summed E-state index contributed by atoms with van der Waals surface area (Å²) in [6.45, 7) is 2.41. The number of sulfonamides is 1. The number of nitrogens with zero attached hydrogens (tertiary/aromatic N) is 1. The summed E-state index contributed by atoms with van der Waals surface area (Å²) in [5, 5.41) is 0. The first-order valence-electron chi connectivity index (χ1n) is 5.04. The molecule has 0 aromatic rings. The average Bonchev–Trinajstić information content (AvgIpc) is 2.60. The summed E-state index contributed by atoms with van der Waals surface area (Å²) in [5.74, 6) is -0.755. The number of alkyl halides is 1. The second-order valence-corrected chi connectivity index (χ2v) is 6.40. The number of carbonyl (C=O) groups excluding carboxylic acids is 1. The molecule has 16 heavy (non-hydrogen) atoms. The second-order valence-electron chi connectivity index (χ2n) is 3.93. The minimum absolute atomic E-state index is 0.0162. The minimum atomic E-state index is -3.32. The van der Waals surface area contributed by atoms with Crippen LogP contribution in [0.25, 0.3) is 0 Å². The number of hydrogen-bond acceptors (Lipinski definition) is 4. The van der Waals surface area contributed by atoms with Gasteiger partial charge in [0.25, 0.3) is 0 Å². The molecule has 1 aliphatic heterocycles. The van der Waals surface area contributed by atoms with Crippen molar-refractivity contribution >= 4 is 27.6 Å². The molecule has 5 nitrogen and oxygen atoms in total. The molecule has 94 valence electrons. The third-order valence-electron chi connectivity index (χ3n) is 2.81. The van der Waals surface area contributed by atoms with E-state index in [9.17, 15) is 13.2 Å². The SMILES string of the molecule is COC(=O)C1CN(S(=O)(=O)CCCl)CC1C. The fourth-order valence-electron chi connectivity index (χ4n) is 1.83. The lowest BCUT2D eigenvalue weighted by Gasteiger charge is -2.14. The van der Waals surface area contributed by atoms with Crippen molar-refractivity contribution < 1.29 is 17.9 Å². The zero-order valence-corrected chi connectivity index (χ0v) is 10.9. The molecule has 0 aromatic carbocycles. The van der Waals surface area contributed by atoms with Crippen molar-refractivity contribution in [3.8, 4) is 0 Å². The molecular formula is C9H16ClNO4S. The van der Waals surface area contributed by atoms with Crippen LogP contribution in [0.3, 0.4) is 0 Å². The van der Waals surface area contributed by atoms with Gasteiger partial charge >= 0.3 is 5.97 Å². The lowest BCUT2D eigenvalue weighted by molar-refractivity contribution is -0.145. The van der Waals surface area contributed by atoms with E-state index in [2.05, 4.69) is 4.74 Å². The minimum Gasteiger partial charge on any atom is -0.469 e. The van der Waals surface area contributed by atoms with Crippen LogP contribution in [0, 0.1) is 11.8 Å². The van der Waals surface area contributed by atoms with Crippen LogP contribution in [-0.2, 0) is 19.6 Å². The van der Waals surface area contributed by atoms with Crippen molar-refractivity contribution in [2.24, 2.45) is 11.8 Å². The van der Waals surface area contributed by atoms with Gasteiger partial charge in [-0.1, -0.05) is 6.92 Å². The lowest BCUT2D eigenvalue weighted by Crippen LogP contribution is -2.32. The van der Waals surface area contributed by atoms with Crippen molar-refractivity contribution in [3.05, 3.63) is 0 Å². The molecule has 2 unspecified atom stereocenters. The summed E-state index contributed by atoms with van der Waals surface area (Å²) < 4.78 is 29.4. The number of halogens is 1. The predicted molar refractivity (Wildman–Crippen MR) is 60.7 cm³/mol. The Kier molecular flexibility index (Phi) is 4.58. The van der Waals surface area contributed by atoms with E-state index >= 15 is 0 Å². The Hall–Kier alpha value is -0.330. The Morgan fingerprint density at radius 2 is 2.12 bits per heavy atom. The van der Waals surface area contributed by atoms with E-state index in [0.29, 0.717) is 6.54 Å². The number of methoxy groups -OCH3 is 1. The molecule has 0 spiro atoms. The Morgan fingerprint density at radius 3 is 2.62 bits per heavy atom. The first kappa shape index (κ1) is 13.7. The first-order chi connectivity index (χ1) is 7.42. The Morgan fingerprint density at radius 1 is 1.50 bits per heavy atom. The van der Waals surface area contributed by atoms with E-state index in [-0.39, 0.29) is 36.0 Å². The molecule has 0 N–H and O–H groups in total. The Balaban J connectivity index is 2.73. The highest BCUT2D eigenvalue weighted by molar-refractivity contribution is 7.89. The van der Waals surface area contributed by atoms with E-state index in [0.717, 1.165) is 0 Å². The van der Waals surface area contributed by atoms with E-state index in [1.165, 1.54) is 11.4 Å². The molecule has 0 amide bonds. The molecule has 0 radical (unpaired) electrons. The molecule has 0 bridgehead atoms. The fraction of sp³-hybridized carbons (Fsp3) is 0.889. The number of rotatable bonds is 4. The monoisotopic (exact) mass is 269 g/mol. The Bertz CT molecular complexity index is 357. The normalized spacial score (nSPS) is 26.9. The standard InChI is InChI=1S/C9H16ClNO4S/c1-7-5-11(16(13,14)4-3-10)6-8(7)9(12)15-2/h7-8H,3-6H2,1-2H3. The lowest BCUT2D eigenvalue weighted by atomic mass is 9.99. The molecule has 7 heteroatoms. The van der Waals surface area contributed by atoms with Gasteiger partial charge < -0.3 is 4.74 Å². The van der Waals surface area contributed by atoms with Crippen molar-refractivity contribution in [2.45, 2.75) is 6.92 Å². The van der Waals surface area contributed by atoms with E-state index in [4.69, 9.17) is 11.6 Å². The third-order valence-corrected chi connectivity index (χ3v) is 5.03. The highest BCUT2D eigenvalue weighted by atomic mass is 35.5. The van der Waals surface area contributed by atoms with Gasteiger partial charge in [-0.05, 0) is 5.92 Å². The van der Waals surface area contributed by atoms with E-state index in [1.807, 2.05) is 6.92 Å². The van der Waals surface area contributed by atoms with Crippen molar-refractivity contribution in [2.75, 3.05) is 31.8 Å². The van der Waals surface area contributed by atoms with Gasteiger partial charge in [0.15, 0.2) is 0 Å². The van der Waals surface area contributed by atoms with Crippen LogP contribution >= 0.6 is 11.6 Å². The second kappa shape index (κ2) is 5.33. The number of ether oxygens (including phenoxy) is 1. The highest BCUT2D eigenvalue weighted by Crippen LogP contribution is 2.26. The van der Waals surface area contributed by atoms with Crippen LogP contribution < -0.4 is 0 Å². The number of carbonyl (C=O) groups is 1. The van der Waals surface area contributed by atoms with Gasteiger partial charge in [-0.3, -0.25) is 4.79 Å². The summed E-state index contributed by atoms with van der Waals surface area (Å²) in [7, 11) is -2.01. The molecule has 0 aliphatic carbocycles. The van der Waals surface area contributed by atoms with Crippen molar-refractivity contribution in [3.63, 3.8) is 0 Å². The summed E-state index contributed by atoms with van der Waals surface area (Å²) in [5.41, 5.74) is 0. The van der Waals surface area contributed by atoms with Gasteiger partial charge in [0.1, 0.15) is 0 Å². The summed E-state index contributed by atoms with van der Waals surface area (Å²) >= 11 is 5.43. The van der Waals surface area contributed by atoms with Crippen LogP contribution in [0.1, 0.15) is 6.92 Å². The van der Waals surface area contributed by atoms with Gasteiger partial charge in [-0.25, -0.2) is 12.7 Å². The Labute approximate surface area is 101 Å². The molecule has 1 heterocycles. The van der Waals surface area contributed by atoms with Gasteiger partial charge in [0.05, 0.1) is 18.8 Å². The first-order valence-corrected chi connectivity index (χ1v) is 7.18. The van der Waals surface area contributed by atoms with Crippen LogP contribution in [0.15, 0.2) is 0 Å². The maximum Gasteiger partial charge on any atom is 0.310 e. The third kappa shape index (κ3) is 2.87. The molecule has 1 aliphatic rings. The largest absolute Gasteiger partial charge is 0.469 e. The van der Waals surface area contributed by atoms with Gasteiger partial charge in [-0.2, -0.15) is 0 Å². The van der Waals surface area contributed by atoms with Crippen LogP contribution in [0.4, 0.5) is 0 Å². The van der Waals surface area contributed by atoms with Gasteiger partial charge in [0.2, 0.25) is 10.0 Å². The smallest absolute Gasteiger partial charge is 0.310 e. The topological polar surface area (TPSA) is 63.7 Å². The van der Waals surface area contributed by atoms with Crippen molar-refractivity contribution in [1.29, 1.82) is 0 Å². The molecular weight excluding hydrogens is 254 g/mol. The van der Waals surface area contributed by atoms with Gasteiger partial charge in [-0.15, -0.1) is 11.6 Å². The summed E-state index contributed by atoms with van der Waals surface area (Å²) in [4.78, 5) is 11.4. The predicted octanol–water partition coefficient (Wildman–Crippen LogP) is 0.296. The molecule has 0 saturated carbocycles. The zero-order chi connectivity index (χ0) is 12.3. The zero-order valence-electron chi connectivity index (χ0n) is 9.35. The maximum absolute atomic E-state index is 11.7. The number of hydrogen-bond donors (Lipinski definition) is 0. The van der Waals surface area contributed by atoms with Crippen LogP contribution in [0.5, 0.6) is 0 Å². The van der Waals surface area contributed by atoms with E-state index in [1.54, 1.807) is 0 Å².